The van der Waals surface area contributed by atoms with Crippen LogP contribution in [0.2, 0.25) is 0 Å². The fourth-order valence-corrected chi connectivity index (χ4v) is 3.69. The summed E-state index contributed by atoms with van der Waals surface area (Å²) in [4.78, 5) is 26.0. The van der Waals surface area contributed by atoms with Gasteiger partial charge in [-0.25, -0.2) is 13.2 Å². The number of sulfone groups is 1. The fraction of sp³-hybridized carbons (Fsp3) is 0.529. The number of carbonyl (C=O) groups excluding carboxylic acids is 2. The molecule has 0 N–H and O–H groups in total. The number of likely N-dealkylation sites (tertiary alicyclic amines) is 1. The summed E-state index contributed by atoms with van der Waals surface area (Å²) in [5, 5.41) is 0. The maximum absolute atomic E-state index is 12.2. The van der Waals surface area contributed by atoms with Crippen LogP contribution < -0.4 is 0 Å². The predicted molar refractivity (Wildman–Crippen MR) is 89.4 cm³/mol. The van der Waals surface area contributed by atoms with Gasteiger partial charge < -0.3 is 9.64 Å². The Balaban J connectivity index is 1.97. The molecule has 0 radical (unpaired) electrons. The van der Waals surface area contributed by atoms with E-state index in [-0.39, 0.29) is 23.0 Å². The zero-order valence-electron chi connectivity index (χ0n) is 14.2. The normalized spacial score (nSPS) is 21.4. The molecule has 1 heterocycles. The van der Waals surface area contributed by atoms with E-state index >= 15 is 0 Å². The first-order valence-corrected chi connectivity index (χ1v) is 9.81. The van der Waals surface area contributed by atoms with Gasteiger partial charge >= 0.3 is 5.97 Å². The number of ether oxygens (including phenoxy) is 1. The van der Waals surface area contributed by atoms with E-state index in [0.29, 0.717) is 24.9 Å². The van der Waals surface area contributed by atoms with E-state index in [1.54, 1.807) is 4.90 Å². The fourth-order valence-electron chi connectivity index (χ4n) is 3.02. The van der Waals surface area contributed by atoms with Crippen LogP contribution in [0.3, 0.4) is 0 Å². The molecule has 2 atom stereocenters. The highest BCUT2D eigenvalue weighted by molar-refractivity contribution is 7.90. The van der Waals surface area contributed by atoms with Crippen molar-refractivity contribution in [3.05, 3.63) is 29.8 Å². The second-order valence-corrected chi connectivity index (χ2v) is 8.64. The lowest BCUT2D eigenvalue weighted by atomic mass is 9.92. The lowest BCUT2D eigenvalue weighted by Crippen LogP contribution is -2.44. The minimum atomic E-state index is -3.40. The second kappa shape index (κ2) is 7.34. The zero-order valence-corrected chi connectivity index (χ0v) is 15.0. The van der Waals surface area contributed by atoms with Crippen molar-refractivity contribution in [2.24, 2.45) is 11.8 Å². The molecule has 1 aliphatic heterocycles. The lowest BCUT2D eigenvalue weighted by molar-refractivity contribution is -0.137. The minimum Gasteiger partial charge on any atom is -0.452 e. The Morgan fingerprint density at radius 1 is 1.21 bits per heavy atom. The number of hydrogen-bond donors (Lipinski definition) is 0. The van der Waals surface area contributed by atoms with Crippen molar-refractivity contribution in [1.82, 2.24) is 4.90 Å². The smallest absolute Gasteiger partial charge is 0.338 e. The van der Waals surface area contributed by atoms with E-state index in [4.69, 9.17) is 4.74 Å². The van der Waals surface area contributed by atoms with Crippen molar-refractivity contribution in [3.63, 3.8) is 0 Å². The third-order valence-electron chi connectivity index (χ3n) is 4.05. The summed E-state index contributed by atoms with van der Waals surface area (Å²) >= 11 is 0. The molecule has 1 aliphatic rings. The molecule has 0 bridgehead atoms. The molecule has 1 saturated heterocycles. The van der Waals surface area contributed by atoms with Gasteiger partial charge in [0, 0.05) is 19.3 Å². The summed E-state index contributed by atoms with van der Waals surface area (Å²) in [7, 11) is -3.40. The predicted octanol–water partition coefficient (Wildman–Crippen LogP) is 1.75. The van der Waals surface area contributed by atoms with Crippen LogP contribution in [0.25, 0.3) is 0 Å². The Hall–Kier alpha value is -1.89. The molecule has 2 rings (SSSR count). The van der Waals surface area contributed by atoms with Gasteiger partial charge in [-0.15, -0.1) is 0 Å². The molecular weight excluding hydrogens is 330 g/mol. The molecule has 1 aromatic carbocycles. The largest absolute Gasteiger partial charge is 0.452 e. The summed E-state index contributed by atoms with van der Waals surface area (Å²) in [5.74, 6) is -0.0624. The number of benzene rings is 1. The van der Waals surface area contributed by atoms with Crippen molar-refractivity contribution in [2.75, 3.05) is 26.0 Å². The van der Waals surface area contributed by atoms with Gasteiger partial charge in [0.1, 0.15) is 0 Å². The number of nitrogens with zero attached hydrogens (tertiary/aromatic N) is 1. The highest BCUT2D eigenvalue weighted by Gasteiger charge is 2.26. The maximum atomic E-state index is 12.2. The Kier molecular flexibility index (Phi) is 5.64. The van der Waals surface area contributed by atoms with E-state index in [0.717, 1.165) is 12.7 Å². The van der Waals surface area contributed by atoms with Crippen LogP contribution in [-0.4, -0.2) is 51.1 Å². The maximum Gasteiger partial charge on any atom is 0.338 e. The molecule has 7 heteroatoms. The van der Waals surface area contributed by atoms with Crippen LogP contribution >= 0.6 is 0 Å². The zero-order chi connectivity index (χ0) is 17.9. The van der Waals surface area contributed by atoms with Gasteiger partial charge in [-0.2, -0.15) is 0 Å². The molecule has 0 aromatic heterocycles. The highest BCUT2D eigenvalue weighted by Crippen LogP contribution is 2.21. The third kappa shape index (κ3) is 4.80. The molecule has 1 aromatic rings. The standard InChI is InChI=1S/C17H23NO5S/c1-12-7-13(2)10-18(9-12)16(19)11-23-17(20)14-5-4-6-15(8-14)24(3,21)22/h4-6,8,12-13H,7,9-11H2,1-3H3/t12-,13+. The Bertz CT molecular complexity index is 718. The molecule has 132 valence electrons. The minimum absolute atomic E-state index is 0.0435. The van der Waals surface area contributed by atoms with Crippen LogP contribution in [0, 0.1) is 11.8 Å². The molecule has 1 fully saturated rings. The van der Waals surface area contributed by atoms with Crippen LogP contribution in [0.5, 0.6) is 0 Å². The Morgan fingerprint density at radius 3 is 2.42 bits per heavy atom. The topological polar surface area (TPSA) is 80.8 Å². The second-order valence-electron chi connectivity index (χ2n) is 6.62. The number of hydrogen-bond acceptors (Lipinski definition) is 5. The molecule has 0 unspecified atom stereocenters. The molecule has 24 heavy (non-hydrogen) atoms. The van der Waals surface area contributed by atoms with Gasteiger partial charge in [-0.05, 0) is 36.5 Å². The summed E-state index contributed by atoms with van der Waals surface area (Å²) in [6, 6.07) is 5.61. The summed E-state index contributed by atoms with van der Waals surface area (Å²) < 4.78 is 28.1. The monoisotopic (exact) mass is 353 g/mol. The Labute approximate surface area is 142 Å². The van der Waals surface area contributed by atoms with Crippen LogP contribution in [0.4, 0.5) is 0 Å². The van der Waals surface area contributed by atoms with Crippen LogP contribution in [0.15, 0.2) is 29.2 Å². The SMILES string of the molecule is C[C@@H]1C[C@H](C)CN(C(=O)COC(=O)c2cccc(S(C)(=O)=O)c2)C1. The number of amides is 1. The van der Waals surface area contributed by atoms with Gasteiger partial charge in [-0.1, -0.05) is 19.9 Å². The highest BCUT2D eigenvalue weighted by atomic mass is 32.2. The van der Waals surface area contributed by atoms with E-state index in [2.05, 4.69) is 13.8 Å². The van der Waals surface area contributed by atoms with Gasteiger partial charge in [0.15, 0.2) is 16.4 Å². The quantitative estimate of drug-likeness (QED) is 0.771. The van der Waals surface area contributed by atoms with Gasteiger partial charge in [0.25, 0.3) is 5.91 Å². The third-order valence-corrected chi connectivity index (χ3v) is 5.16. The van der Waals surface area contributed by atoms with Crippen molar-refractivity contribution in [3.8, 4) is 0 Å². The van der Waals surface area contributed by atoms with Crippen molar-refractivity contribution in [2.45, 2.75) is 25.2 Å². The van der Waals surface area contributed by atoms with Crippen molar-refractivity contribution < 1.29 is 22.7 Å². The molecule has 0 saturated carbocycles. The van der Waals surface area contributed by atoms with Gasteiger partial charge in [0.2, 0.25) is 0 Å². The number of esters is 1. The first-order valence-electron chi connectivity index (χ1n) is 7.92. The Morgan fingerprint density at radius 2 is 1.83 bits per heavy atom. The van der Waals surface area contributed by atoms with Crippen molar-refractivity contribution >= 4 is 21.7 Å². The first-order chi connectivity index (χ1) is 11.2. The summed E-state index contributed by atoms with van der Waals surface area (Å²) in [5.41, 5.74) is 0.117. The average Bonchev–Trinajstić information content (AvgIpc) is 2.50. The van der Waals surface area contributed by atoms with E-state index in [1.165, 1.54) is 24.3 Å². The average molecular weight is 353 g/mol. The lowest BCUT2D eigenvalue weighted by Gasteiger charge is -2.34. The number of rotatable bonds is 4. The molecule has 1 amide bonds. The summed E-state index contributed by atoms with van der Waals surface area (Å²) in [6.45, 7) is 5.20. The van der Waals surface area contributed by atoms with E-state index in [9.17, 15) is 18.0 Å². The van der Waals surface area contributed by atoms with E-state index in [1.807, 2.05) is 0 Å². The van der Waals surface area contributed by atoms with Gasteiger partial charge in [-0.3, -0.25) is 4.79 Å². The van der Waals surface area contributed by atoms with Crippen molar-refractivity contribution in [1.29, 1.82) is 0 Å². The molecule has 0 spiro atoms. The molecule has 0 aliphatic carbocycles. The number of piperidine rings is 1. The summed E-state index contributed by atoms with van der Waals surface area (Å²) in [6.07, 6.45) is 2.15. The number of carbonyl (C=O) groups is 2. The van der Waals surface area contributed by atoms with Crippen LogP contribution in [0.1, 0.15) is 30.6 Å². The van der Waals surface area contributed by atoms with E-state index < -0.39 is 15.8 Å². The molecular formula is C17H23NO5S. The van der Waals surface area contributed by atoms with Gasteiger partial charge in [0.05, 0.1) is 10.5 Å². The molecule has 6 nitrogen and oxygen atoms in total. The first kappa shape index (κ1) is 18.4. The van der Waals surface area contributed by atoms with Crippen LogP contribution in [-0.2, 0) is 19.4 Å².